The summed E-state index contributed by atoms with van der Waals surface area (Å²) in [5, 5.41) is 3.56. The van der Waals surface area contributed by atoms with Crippen molar-refractivity contribution in [2.45, 2.75) is 31.0 Å². The van der Waals surface area contributed by atoms with Gasteiger partial charge in [-0.25, -0.2) is 12.7 Å². The van der Waals surface area contributed by atoms with E-state index in [-0.39, 0.29) is 17.3 Å². The van der Waals surface area contributed by atoms with E-state index in [2.05, 4.69) is 0 Å². The lowest BCUT2D eigenvalue weighted by molar-refractivity contribution is -0.0435. The number of rotatable bonds is 5. The fourth-order valence-electron chi connectivity index (χ4n) is 5.66. The number of carbonyl (C=O) groups is 1. The number of hydrazine groups is 1. The molecule has 0 aliphatic carbocycles. The van der Waals surface area contributed by atoms with Crippen LogP contribution in [0.5, 0.6) is 11.5 Å². The molecule has 4 aromatic rings. The molecule has 2 aliphatic heterocycles. The Balaban J connectivity index is 1.65. The van der Waals surface area contributed by atoms with Crippen molar-refractivity contribution in [2.24, 2.45) is 0 Å². The van der Waals surface area contributed by atoms with Gasteiger partial charge in [-0.1, -0.05) is 60.2 Å². The molecule has 0 spiro atoms. The predicted octanol–water partition coefficient (Wildman–Crippen LogP) is 5.34. The van der Waals surface area contributed by atoms with Gasteiger partial charge in [0, 0.05) is 23.7 Å². The summed E-state index contributed by atoms with van der Waals surface area (Å²) >= 11 is 0. The number of amides is 1. The van der Waals surface area contributed by atoms with Gasteiger partial charge in [0.1, 0.15) is 6.17 Å². The Morgan fingerprint density at radius 1 is 0.829 bits per heavy atom. The summed E-state index contributed by atoms with van der Waals surface area (Å²) in [5.74, 6) is 0.630. The van der Waals surface area contributed by atoms with Gasteiger partial charge >= 0.3 is 0 Å². The first-order valence-corrected chi connectivity index (χ1v) is 14.8. The summed E-state index contributed by atoms with van der Waals surface area (Å²) < 4.78 is 42.1. The zero-order valence-electron chi connectivity index (χ0n) is 23.2. The number of hydrogen-bond acceptors (Lipinski definition) is 6. The number of methoxy groups -OCH3 is 2. The van der Waals surface area contributed by atoms with Crippen LogP contribution in [0.2, 0.25) is 0 Å². The number of sulfonamides is 1. The fraction of sp³-hybridized carbons (Fsp3) is 0.219. The largest absolute Gasteiger partial charge is 0.493 e. The highest BCUT2D eigenvalue weighted by Gasteiger charge is 2.46. The average molecular weight is 570 g/mol. The molecule has 1 amide bonds. The molecular weight excluding hydrogens is 538 g/mol. The molecule has 8 nitrogen and oxygen atoms in total. The lowest BCUT2D eigenvalue weighted by Crippen LogP contribution is -2.54. The molecule has 0 N–H and O–H groups in total. The number of ether oxygens (including phenoxy) is 2. The van der Waals surface area contributed by atoms with Crippen LogP contribution in [0, 0.1) is 6.92 Å². The Labute approximate surface area is 240 Å². The summed E-state index contributed by atoms with van der Waals surface area (Å²) in [4.78, 5) is 14.3. The van der Waals surface area contributed by atoms with Gasteiger partial charge in [-0.2, -0.15) is 5.01 Å². The molecule has 1 unspecified atom stereocenters. The highest BCUT2D eigenvalue weighted by atomic mass is 32.2. The molecule has 2 aliphatic rings. The summed E-state index contributed by atoms with van der Waals surface area (Å²) in [6, 6.07) is 27.2. The number of nitrogens with zero attached hydrogens (tertiary/aromatic N) is 3. The molecule has 1 atom stereocenters. The highest BCUT2D eigenvalue weighted by Crippen LogP contribution is 2.47. The maximum atomic E-state index is 14.7. The van der Waals surface area contributed by atoms with Crippen LogP contribution in [0.3, 0.4) is 0 Å². The Kier molecular flexibility index (Phi) is 6.93. The lowest BCUT2D eigenvalue weighted by atomic mass is 9.97. The highest BCUT2D eigenvalue weighted by molar-refractivity contribution is 7.92. The van der Waals surface area contributed by atoms with Gasteiger partial charge in [0.15, 0.2) is 11.5 Å². The van der Waals surface area contributed by atoms with Gasteiger partial charge in [0.05, 0.1) is 31.3 Å². The van der Waals surface area contributed by atoms with Crippen LogP contribution >= 0.6 is 0 Å². The molecule has 0 fully saturated rings. The zero-order valence-corrected chi connectivity index (χ0v) is 24.0. The van der Waals surface area contributed by atoms with E-state index in [0.717, 1.165) is 16.7 Å². The molecule has 0 saturated heterocycles. The van der Waals surface area contributed by atoms with Crippen LogP contribution in [-0.4, -0.2) is 45.1 Å². The van der Waals surface area contributed by atoms with Crippen LogP contribution in [0.25, 0.3) is 0 Å². The third-order valence-corrected chi connectivity index (χ3v) is 9.52. The first-order chi connectivity index (χ1) is 19.8. The van der Waals surface area contributed by atoms with E-state index < -0.39 is 16.2 Å². The quantitative estimate of drug-likeness (QED) is 0.323. The minimum Gasteiger partial charge on any atom is -0.493 e. The SMILES string of the molecule is COc1cc2c(cc1OC)N(S(=O)(=O)c1ccc(C)cc1)C1c3ccccc3CCN1N(C(=O)c1ccccc1)C2. The topological polar surface area (TPSA) is 79.4 Å². The Morgan fingerprint density at radius 2 is 1.49 bits per heavy atom. The maximum Gasteiger partial charge on any atom is 0.268 e. The monoisotopic (exact) mass is 569 g/mol. The van der Waals surface area contributed by atoms with Crippen molar-refractivity contribution in [1.82, 2.24) is 10.0 Å². The zero-order chi connectivity index (χ0) is 28.7. The normalized spacial score (nSPS) is 16.7. The third kappa shape index (κ3) is 4.61. The van der Waals surface area contributed by atoms with Crippen molar-refractivity contribution in [3.8, 4) is 11.5 Å². The van der Waals surface area contributed by atoms with Crippen molar-refractivity contribution >= 4 is 21.6 Å². The molecule has 0 bridgehead atoms. The van der Waals surface area contributed by atoms with E-state index in [0.29, 0.717) is 41.3 Å². The van der Waals surface area contributed by atoms with Crippen LogP contribution in [0.1, 0.15) is 38.8 Å². The number of hydrogen-bond donors (Lipinski definition) is 0. The van der Waals surface area contributed by atoms with Crippen molar-refractivity contribution < 1.29 is 22.7 Å². The van der Waals surface area contributed by atoms with E-state index in [9.17, 15) is 13.2 Å². The van der Waals surface area contributed by atoms with Gasteiger partial charge in [0.2, 0.25) is 0 Å². The Morgan fingerprint density at radius 3 is 2.20 bits per heavy atom. The van der Waals surface area contributed by atoms with E-state index in [4.69, 9.17) is 9.47 Å². The average Bonchev–Trinajstić information content (AvgIpc) is 3.15. The Hall–Kier alpha value is -4.34. The van der Waals surface area contributed by atoms with Gasteiger partial charge in [-0.15, -0.1) is 0 Å². The summed E-state index contributed by atoms with van der Waals surface area (Å²) in [5.41, 5.74) is 4.38. The molecular formula is C32H31N3O5S. The fourth-order valence-corrected chi connectivity index (χ4v) is 7.28. The van der Waals surface area contributed by atoms with E-state index in [1.807, 2.05) is 54.4 Å². The summed E-state index contributed by atoms with van der Waals surface area (Å²) in [6.07, 6.45) is -0.162. The number of fused-ring (bicyclic) bond motifs is 4. The number of anilines is 1. The second-order valence-corrected chi connectivity index (χ2v) is 12.0. The van der Waals surface area contributed by atoms with Crippen molar-refractivity contribution in [1.29, 1.82) is 0 Å². The molecule has 0 aromatic heterocycles. The smallest absolute Gasteiger partial charge is 0.268 e. The second-order valence-electron chi connectivity index (χ2n) is 10.2. The van der Waals surface area contributed by atoms with Gasteiger partial charge in [-0.05, 0) is 54.8 Å². The van der Waals surface area contributed by atoms with Gasteiger partial charge in [-0.3, -0.25) is 9.80 Å². The first kappa shape index (κ1) is 26.9. The lowest BCUT2D eigenvalue weighted by Gasteiger charge is -2.45. The molecule has 6 rings (SSSR count). The molecule has 210 valence electrons. The van der Waals surface area contributed by atoms with Gasteiger partial charge < -0.3 is 9.47 Å². The first-order valence-electron chi connectivity index (χ1n) is 13.4. The molecule has 4 aromatic carbocycles. The van der Waals surface area contributed by atoms with Crippen LogP contribution in [-0.2, 0) is 23.0 Å². The predicted molar refractivity (Wildman–Crippen MR) is 156 cm³/mol. The molecule has 9 heteroatoms. The molecule has 0 radical (unpaired) electrons. The van der Waals surface area contributed by atoms with Crippen molar-refractivity contribution in [3.05, 3.63) is 119 Å². The van der Waals surface area contributed by atoms with E-state index >= 15 is 0 Å². The van der Waals surface area contributed by atoms with Crippen LogP contribution in [0.4, 0.5) is 5.69 Å². The van der Waals surface area contributed by atoms with Crippen LogP contribution in [0.15, 0.2) is 95.9 Å². The van der Waals surface area contributed by atoms with E-state index in [1.54, 1.807) is 53.5 Å². The minimum atomic E-state index is -4.13. The number of carbonyl (C=O) groups excluding carboxylic acids is 1. The molecule has 0 saturated carbocycles. The summed E-state index contributed by atoms with van der Waals surface area (Å²) in [7, 11) is -1.07. The molecule has 2 heterocycles. The van der Waals surface area contributed by atoms with E-state index in [1.165, 1.54) is 18.5 Å². The Bertz CT molecular complexity index is 1710. The van der Waals surface area contributed by atoms with Crippen molar-refractivity contribution in [2.75, 3.05) is 25.1 Å². The minimum absolute atomic E-state index is 0.141. The standard InChI is InChI=1S/C32H31N3O5S/c1-22-13-15-26(16-14-22)41(37,38)35-28-20-30(40-3)29(39-2)19-25(28)21-34(32(36)24-10-5-4-6-11-24)33-18-17-23-9-7-8-12-27(23)31(33)35/h4-16,19-20,31H,17-18,21H2,1-3H3. The second kappa shape index (κ2) is 10.6. The number of benzene rings is 4. The van der Waals surface area contributed by atoms with Crippen LogP contribution < -0.4 is 13.8 Å². The number of aryl methyl sites for hydroxylation is 1. The van der Waals surface area contributed by atoms with Crippen molar-refractivity contribution in [3.63, 3.8) is 0 Å². The maximum absolute atomic E-state index is 14.7. The van der Waals surface area contributed by atoms with Gasteiger partial charge in [0.25, 0.3) is 15.9 Å². The molecule has 41 heavy (non-hydrogen) atoms. The summed E-state index contributed by atoms with van der Waals surface area (Å²) in [6.45, 7) is 2.51. The third-order valence-electron chi connectivity index (χ3n) is 7.73.